The summed E-state index contributed by atoms with van der Waals surface area (Å²) in [7, 11) is 0. The Morgan fingerprint density at radius 2 is 1.95 bits per heavy atom. The lowest BCUT2D eigenvalue weighted by Gasteiger charge is -2.20. The number of aromatic nitrogens is 2. The van der Waals surface area contributed by atoms with Gasteiger partial charge in [-0.05, 0) is 49.2 Å². The van der Waals surface area contributed by atoms with E-state index in [4.69, 9.17) is 4.98 Å². The molecular formula is C17H14BrN3. The summed E-state index contributed by atoms with van der Waals surface area (Å²) in [6, 6.07) is 14.7. The first-order valence-corrected chi connectivity index (χ1v) is 7.81. The first-order chi connectivity index (χ1) is 10.2. The van der Waals surface area contributed by atoms with Crippen molar-refractivity contribution in [3.63, 3.8) is 0 Å². The fourth-order valence-corrected chi connectivity index (χ4v) is 3.38. The van der Waals surface area contributed by atoms with Crippen LogP contribution in [0.5, 0.6) is 0 Å². The molecule has 0 saturated heterocycles. The van der Waals surface area contributed by atoms with Crippen LogP contribution < -0.4 is 4.90 Å². The number of hydrogen-bond donors (Lipinski definition) is 0. The molecule has 2 aromatic carbocycles. The van der Waals surface area contributed by atoms with Crippen LogP contribution in [-0.2, 0) is 6.42 Å². The van der Waals surface area contributed by atoms with E-state index in [0.717, 1.165) is 40.0 Å². The van der Waals surface area contributed by atoms with Crippen molar-refractivity contribution in [2.24, 2.45) is 0 Å². The molecule has 0 unspecified atom stereocenters. The zero-order valence-electron chi connectivity index (χ0n) is 11.7. The number of hydrogen-bond acceptors (Lipinski definition) is 3. The van der Waals surface area contributed by atoms with E-state index in [2.05, 4.69) is 50.1 Å². The highest BCUT2D eigenvalue weighted by Gasteiger charge is 2.23. The van der Waals surface area contributed by atoms with Gasteiger partial charge in [-0.1, -0.05) is 28.1 Å². The summed E-state index contributed by atoms with van der Waals surface area (Å²) >= 11 is 3.55. The summed E-state index contributed by atoms with van der Waals surface area (Å²) in [5.41, 5.74) is 3.62. The Balaban J connectivity index is 1.93. The van der Waals surface area contributed by atoms with Gasteiger partial charge in [0.1, 0.15) is 11.6 Å². The van der Waals surface area contributed by atoms with Crippen LogP contribution in [0, 0.1) is 6.92 Å². The van der Waals surface area contributed by atoms with E-state index < -0.39 is 0 Å². The molecule has 1 aliphatic rings. The molecule has 0 N–H and O–H groups in total. The molecule has 2 heterocycles. The van der Waals surface area contributed by atoms with Crippen LogP contribution in [0.15, 0.2) is 46.9 Å². The molecule has 0 atom stereocenters. The minimum absolute atomic E-state index is 0.814. The third-order valence-corrected chi connectivity index (χ3v) is 4.38. The van der Waals surface area contributed by atoms with Gasteiger partial charge in [0, 0.05) is 22.1 Å². The predicted molar refractivity (Wildman–Crippen MR) is 89.1 cm³/mol. The molecule has 0 saturated carbocycles. The summed E-state index contributed by atoms with van der Waals surface area (Å²) in [5, 5.41) is 1.11. The Hall–Kier alpha value is -1.94. The lowest BCUT2D eigenvalue weighted by Crippen LogP contribution is -2.16. The van der Waals surface area contributed by atoms with Gasteiger partial charge < -0.3 is 4.90 Å². The maximum Gasteiger partial charge on any atom is 0.144 e. The van der Waals surface area contributed by atoms with Crippen LogP contribution >= 0.6 is 15.9 Å². The van der Waals surface area contributed by atoms with Crippen LogP contribution in [-0.4, -0.2) is 16.5 Å². The SMILES string of the molecule is Cc1nc(N2CCc3cc(Br)ccc32)c2ccccc2n1. The van der Waals surface area contributed by atoms with E-state index in [0.29, 0.717) is 0 Å². The van der Waals surface area contributed by atoms with Crippen molar-refractivity contribution in [3.05, 3.63) is 58.3 Å². The van der Waals surface area contributed by atoms with Gasteiger partial charge in [0.15, 0.2) is 0 Å². The standard InChI is InChI=1S/C17H14BrN3/c1-11-19-15-5-3-2-4-14(15)17(20-11)21-9-8-12-10-13(18)6-7-16(12)21/h2-7,10H,8-9H2,1H3. The van der Waals surface area contributed by atoms with E-state index >= 15 is 0 Å². The second kappa shape index (κ2) is 4.81. The van der Waals surface area contributed by atoms with E-state index in [-0.39, 0.29) is 0 Å². The lowest BCUT2D eigenvalue weighted by atomic mass is 10.2. The molecule has 4 rings (SSSR count). The maximum atomic E-state index is 4.71. The molecule has 0 aliphatic carbocycles. The highest BCUT2D eigenvalue weighted by molar-refractivity contribution is 9.10. The number of aryl methyl sites for hydroxylation is 1. The van der Waals surface area contributed by atoms with Crippen LogP contribution in [0.3, 0.4) is 0 Å². The van der Waals surface area contributed by atoms with E-state index in [1.807, 2.05) is 25.1 Å². The first-order valence-electron chi connectivity index (χ1n) is 7.02. The minimum Gasteiger partial charge on any atom is -0.325 e. The first kappa shape index (κ1) is 12.8. The fourth-order valence-electron chi connectivity index (χ4n) is 2.97. The molecule has 21 heavy (non-hydrogen) atoms. The number of fused-ring (bicyclic) bond motifs is 2. The zero-order chi connectivity index (χ0) is 14.4. The van der Waals surface area contributed by atoms with Crippen molar-refractivity contribution in [2.45, 2.75) is 13.3 Å². The maximum absolute atomic E-state index is 4.71. The number of benzene rings is 2. The summed E-state index contributed by atoms with van der Waals surface area (Å²) in [6.07, 6.45) is 1.05. The summed E-state index contributed by atoms with van der Waals surface area (Å²) < 4.78 is 1.13. The molecule has 4 heteroatoms. The van der Waals surface area contributed by atoms with Crippen molar-refractivity contribution in [3.8, 4) is 0 Å². The molecule has 3 aromatic rings. The second-order valence-corrected chi connectivity index (χ2v) is 6.20. The summed E-state index contributed by atoms with van der Waals surface area (Å²) in [4.78, 5) is 11.5. The van der Waals surface area contributed by atoms with Crippen LogP contribution in [0.2, 0.25) is 0 Å². The van der Waals surface area contributed by atoms with Gasteiger partial charge in [-0.3, -0.25) is 0 Å². The van der Waals surface area contributed by atoms with Crippen LogP contribution in [0.25, 0.3) is 10.9 Å². The largest absolute Gasteiger partial charge is 0.325 e. The Morgan fingerprint density at radius 1 is 1.10 bits per heavy atom. The van der Waals surface area contributed by atoms with Crippen molar-refractivity contribution < 1.29 is 0 Å². The topological polar surface area (TPSA) is 29.0 Å². The van der Waals surface area contributed by atoms with Gasteiger partial charge in [-0.25, -0.2) is 9.97 Å². The number of anilines is 2. The van der Waals surface area contributed by atoms with Crippen molar-refractivity contribution in [1.82, 2.24) is 9.97 Å². The van der Waals surface area contributed by atoms with Crippen LogP contribution in [0.4, 0.5) is 11.5 Å². The molecule has 3 nitrogen and oxygen atoms in total. The van der Waals surface area contributed by atoms with Crippen LogP contribution in [0.1, 0.15) is 11.4 Å². The van der Waals surface area contributed by atoms with E-state index in [9.17, 15) is 0 Å². The molecule has 0 spiro atoms. The number of rotatable bonds is 1. The van der Waals surface area contributed by atoms with Gasteiger partial charge >= 0.3 is 0 Å². The Kier molecular flexibility index (Phi) is 2.93. The zero-order valence-corrected chi connectivity index (χ0v) is 13.3. The average molecular weight is 340 g/mol. The minimum atomic E-state index is 0.814. The summed E-state index contributed by atoms with van der Waals surface area (Å²) in [6.45, 7) is 2.92. The third kappa shape index (κ3) is 2.10. The molecule has 1 aromatic heterocycles. The van der Waals surface area contributed by atoms with E-state index in [1.54, 1.807) is 0 Å². The number of halogens is 1. The Labute approximate surface area is 131 Å². The lowest BCUT2D eigenvalue weighted by molar-refractivity contribution is 0.960. The molecule has 104 valence electrons. The molecule has 0 amide bonds. The summed E-state index contributed by atoms with van der Waals surface area (Å²) in [5.74, 6) is 1.83. The predicted octanol–water partition coefficient (Wildman–Crippen LogP) is 4.39. The third-order valence-electron chi connectivity index (χ3n) is 3.89. The Bertz CT molecular complexity index is 845. The molecule has 0 radical (unpaired) electrons. The monoisotopic (exact) mass is 339 g/mol. The molecule has 0 fully saturated rings. The molecule has 1 aliphatic heterocycles. The Morgan fingerprint density at radius 3 is 2.86 bits per heavy atom. The van der Waals surface area contributed by atoms with Crippen molar-refractivity contribution in [2.75, 3.05) is 11.4 Å². The fraction of sp³-hybridized carbons (Fsp3) is 0.176. The van der Waals surface area contributed by atoms with Gasteiger partial charge in [0.2, 0.25) is 0 Å². The number of nitrogens with zero attached hydrogens (tertiary/aromatic N) is 3. The normalized spacial score (nSPS) is 13.7. The van der Waals surface area contributed by atoms with Crippen molar-refractivity contribution >= 4 is 38.3 Å². The van der Waals surface area contributed by atoms with Gasteiger partial charge in [0.05, 0.1) is 5.52 Å². The van der Waals surface area contributed by atoms with E-state index in [1.165, 1.54) is 11.3 Å². The quantitative estimate of drug-likeness (QED) is 0.658. The van der Waals surface area contributed by atoms with Crippen molar-refractivity contribution in [1.29, 1.82) is 0 Å². The average Bonchev–Trinajstić information content (AvgIpc) is 2.89. The smallest absolute Gasteiger partial charge is 0.144 e. The highest BCUT2D eigenvalue weighted by atomic mass is 79.9. The number of para-hydroxylation sites is 1. The van der Waals surface area contributed by atoms with Gasteiger partial charge in [0.25, 0.3) is 0 Å². The molecule has 0 bridgehead atoms. The van der Waals surface area contributed by atoms with Gasteiger partial charge in [-0.15, -0.1) is 0 Å². The second-order valence-electron chi connectivity index (χ2n) is 5.29. The van der Waals surface area contributed by atoms with Gasteiger partial charge in [-0.2, -0.15) is 0 Å². The highest BCUT2D eigenvalue weighted by Crippen LogP contribution is 2.37. The molecular weight excluding hydrogens is 326 g/mol.